The summed E-state index contributed by atoms with van der Waals surface area (Å²) >= 11 is 0. The van der Waals surface area contributed by atoms with E-state index in [0.717, 1.165) is 12.8 Å². The van der Waals surface area contributed by atoms with E-state index >= 15 is 0 Å². The van der Waals surface area contributed by atoms with Crippen LogP contribution in [0.3, 0.4) is 0 Å². The van der Waals surface area contributed by atoms with Crippen LogP contribution in [0, 0.1) is 0 Å². The molecule has 2 aromatic rings. The molecule has 0 saturated carbocycles. The zero-order valence-electron chi connectivity index (χ0n) is 14.0. The molecule has 0 radical (unpaired) electrons. The van der Waals surface area contributed by atoms with Crippen molar-refractivity contribution in [2.24, 2.45) is 5.10 Å². The molecule has 0 unspecified atom stereocenters. The average Bonchev–Trinajstić information content (AvgIpc) is 2.60. The first-order valence-corrected chi connectivity index (χ1v) is 8.11. The SMILES string of the molecule is CCCCC(=O)Nc1ccc(C(=O)NN=Cc2cccc(O)c2)cc1. The van der Waals surface area contributed by atoms with Crippen LogP contribution < -0.4 is 10.7 Å². The first-order valence-electron chi connectivity index (χ1n) is 8.11. The molecule has 2 aromatic carbocycles. The van der Waals surface area contributed by atoms with Gasteiger partial charge in [0, 0.05) is 17.7 Å². The van der Waals surface area contributed by atoms with Gasteiger partial charge in [0.1, 0.15) is 5.75 Å². The van der Waals surface area contributed by atoms with Crippen molar-refractivity contribution in [2.75, 3.05) is 5.32 Å². The van der Waals surface area contributed by atoms with E-state index in [1.54, 1.807) is 42.5 Å². The monoisotopic (exact) mass is 339 g/mol. The molecule has 0 saturated heterocycles. The zero-order valence-corrected chi connectivity index (χ0v) is 14.0. The van der Waals surface area contributed by atoms with Gasteiger partial charge < -0.3 is 10.4 Å². The first kappa shape index (κ1) is 18.2. The van der Waals surface area contributed by atoms with E-state index in [9.17, 15) is 14.7 Å². The Morgan fingerprint density at radius 2 is 1.92 bits per heavy atom. The second kappa shape index (κ2) is 9.22. The summed E-state index contributed by atoms with van der Waals surface area (Å²) in [5.74, 6) is -0.262. The normalized spacial score (nSPS) is 10.6. The molecule has 0 atom stereocenters. The Morgan fingerprint density at radius 3 is 2.60 bits per heavy atom. The van der Waals surface area contributed by atoms with Crippen LogP contribution in [0.4, 0.5) is 5.69 Å². The van der Waals surface area contributed by atoms with E-state index in [0.29, 0.717) is 23.2 Å². The minimum absolute atomic E-state index is 0.0326. The molecule has 25 heavy (non-hydrogen) atoms. The summed E-state index contributed by atoms with van der Waals surface area (Å²) < 4.78 is 0. The Bertz CT molecular complexity index is 755. The predicted octanol–water partition coefficient (Wildman–Crippen LogP) is 3.28. The molecule has 2 rings (SSSR count). The summed E-state index contributed by atoms with van der Waals surface area (Å²) in [5, 5.41) is 16.0. The Morgan fingerprint density at radius 1 is 1.16 bits per heavy atom. The van der Waals surface area contributed by atoms with Crippen molar-refractivity contribution in [3.8, 4) is 5.75 Å². The lowest BCUT2D eigenvalue weighted by Gasteiger charge is -2.05. The number of anilines is 1. The summed E-state index contributed by atoms with van der Waals surface area (Å²) in [6, 6.07) is 13.1. The van der Waals surface area contributed by atoms with Crippen molar-refractivity contribution in [3.63, 3.8) is 0 Å². The van der Waals surface area contributed by atoms with Crippen LogP contribution in [0.15, 0.2) is 53.6 Å². The van der Waals surface area contributed by atoms with Crippen LogP contribution in [0.1, 0.15) is 42.1 Å². The van der Waals surface area contributed by atoms with Crippen molar-refractivity contribution >= 4 is 23.7 Å². The number of hydrogen-bond acceptors (Lipinski definition) is 4. The predicted molar refractivity (Wildman–Crippen MR) is 97.8 cm³/mol. The van der Waals surface area contributed by atoms with Gasteiger partial charge in [0.15, 0.2) is 0 Å². The number of phenols is 1. The maximum atomic E-state index is 12.0. The van der Waals surface area contributed by atoms with Crippen LogP contribution in [-0.4, -0.2) is 23.1 Å². The summed E-state index contributed by atoms with van der Waals surface area (Å²) in [4.78, 5) is 23.7. The Hall–Kier alpha value is -3.15. The summed E-state index contributed by atoms with van der Waals surface area (Å²) in [6.07, 6.45) is 3.75. The largest absolute Gasteiger partial charge is 0.508 e. The van der Waals surface area contributed by atoms with Crippen LogP contribution in [-0.2, 0) is 4.79 Å². The van der Waals surface area contributed by atoms with Crippen molar-refractivity contribution in [1.29, 1.82) is 0 Å². The zero-order chi connectivity index (χ0) is 18.1. The molecular formula is C19H21N3O3. The van der Waals surface area contributed by atoms with Gasteiger partial charge in [0.2, 0.25) is 5.91 Å². The molecule has 3 N–H and O–H groups in total. The van der Waals surface area contributed by atoms with E-state index in [-0.39, 0.29) is 17.6 Å². The van der Waals surface area contributed by atoms with Crippen molar-refractivity contribution in [1.82, 2.24) is 5.43 Å². The molecule has 130 valence electrons. The van der Waals surface area contributed by atoms with E-state index in [2.05, 4.69) is 15.8 Å². The topological polar surface area (TPSA) is 90.8 Å². The number of carbonyl (C=O) groups excluding carboxylic acids is 2. The highest BCUT2D eigenvalue weighted by Gasteiger charge is 2.05. The van der Waals surface area contributed by atoms with Gasteiger partial charge in [-0.25, -0.2) is 5.43 Å². The minimum atomic E-state index is -0.361. The standard InChI is InChI=1S/C19H21N3O3/c1-2-3-7-18(24)21-16-10-8-15(9-11-16)19(25)22-20-13-14-5-4-6-17(23)12-14/h4-6,8-13,23H,2-3,7H2,1H3,(H,21,24)(H,22,25). The number of benzene rings is 2. The number of nitrogens with one attached hydrogen (secondary N) is 2. The smallest absolute Gasteiger partial charge is 0.271 e. The van der Waals surface area contributed by atoms with E-state index < -0.39 is 0 Å². The number of hydrogen-bond donors (Lipinski definition) is 3. The van der Waals surface area contributed by atoms with Gasteiger partial charge in [-0.2, -0.15) is 5.10 Å². The average molecular weight is 339 g/mol. The number of aromatic hydroxyl groups is 1. The maximum Gasteiger partial charge on any atom is 0.271 e. The highest BCUT2D eigenvalue weighted by molar-refractivity contribution is 5.96. The first-order chi connectivity index (χ1) is 12.1. The summed E-state index contributed by atoms with van der Waals surface area (Å²) in [6.45, 7) is 2.03. The van der Waals surface area contributed by atoms with Crippen LogP contribution in [0.5, 0.6) is 5.75 Å². The summed E-state index contributed by atoms with van der Waals surface area (Å²) in [7, 11) is 0. The number of nitrogens with zero attached hydrogens (tertiary/aromatic N) is 1. The second-order valence-corrected chi connectivity index (χ2v) is 5.52. The molecule has 0 spiro atoms. The van der Waals surface area contributed by atoms with Crippen molar-refractivity contribution in [3.05, 3.63) is 59.7 Å². The molecule has 0 heterocycles. The van der Waals surface area contributed by atoms with Crippen LogP contribution in [0.25, 0.3) is 0 Å². The molecule has 0 fully saturated rings. The Kier molecular flexibility index (Phi) is 6.71. The second-order valence-electron chi connectivity index (χ2n) is 5.52. The highest BCUT2D eigenvalue weighted by Crippen LogP contribution is 2.11. The number of rotatable bonds is 7. The quantitative estimate of drug-likeness (QED) is 0.534. The van der Waals surface area contributed by atoms with E-state index in [1.165, 1.54) is 12.3 Å². The van der Waals surface area contributed by atoms with Gasteiger partial charge in [0.05, 0.1) is 6.21 Å². The molecule has 0 bridgehead atoms. The molecule has 0 aliphatic heterocycles. The molecular weight excluding hydrogens is 318 g/mol. The Balaban J connectivity index is 1.88. The molecule has 2 amide bonds. The third kappa shape index (κ3) is 6.10. The fourth-order valence-corrected chi connectivity index (χ4v) is 2.10. The highest BCUT2D eigenvalue weighted by atomic mass is 16.3. The van der Waals surface area contributed by atoms with E-state index in [4.69, 9.17) is 0 Å². The molecule has 0 aromatic heterocycles. The van der Waals surface area contributed by atoms with Gasteiger partial charge >= 0.3 is 0 Å². The maximum absolute atomic E-state index is 12.0. The third-order valence-corrected chi connectivity index (χ3v) is 3.44. The number of carbonyl (C=O) groups is 2. The fourth-order valence-electron chi connectivity index (χ4n) is 2.10. The fraction of sp³-hybridized carbons (Fsp3) is 0.211. The lowest BCUT2D eigenvalue weighted by atomic mass is 10.2. The third-order valence-electron chi connectivity index (χ3n) is 3.44. The Labute approximate surface area is 146 Å². The van der Waals surface area contributed by atoms with E-state index in [1.807, 2.05) is 6.92 Å². The van der Waals surface area contributed by atoms with Gasteiger partial charge in [0.25, 0.3) is 5.91 Å². The number of phenolic OH excluding ortho intramolecular Hbond substituents is 1. The van der Waals surface area contributed by atoms with Crippen LogP contribution >= 0.6 is 0 Å². The minimum Gasteiger partial charge on any atom is -0.508 e. The van der Waals surface area contributed by atoms with Gasteiger partial charge in [-0.1, -0.05) is 25.5 Å². The lowest BCUT2D eigenvalue weighted by molar-refractivity contribution is -0.116. The van der Waals surface area contributed by atoms with Crippen molar-refractivity contribution < 1.29 is 14.7 Å². The van der Waals surface area contributed by atoms with Crippen molar-refractivity contribution in [2.45, 2.75) is 26.2 Å². The van der Waals surface area contributed by atoms with Gasteiger partial charge in [-0.05, 0) is 48.4 Å². The molecule has 0 aliphatic carbocycles. The number of amides is 2. The summed E-state index contributed by atoms with van der Waals surface area (Å²) in [5.41, 5.74) is 4.17. The lowest BCUT2D eigenvalue weighted by Crippen LogP contribution is -2.17. The molecule has 6 heteroatoms. The number of unbranched alkanes of at least 4 members (excludes halogenated alkanes) is 1. The number of hydrazone groups is 1. The molecule has 0 aliphatic rings. The van der Waals surface area contributed by atoms with Crippen LogP contribution in [0.2, 0.25) is 0 Å². The molecule has 6 nitrogen and oxygen atoms in total. The van der Waals surface area contributed by atoms with Gasteiger partial charge in [-0.3, -0.25) is 9.59 Å². The van der Waals surface area contributed by atoms with Gasteiger partial charge in [-0.15, -0.1) is 0 Å².